The molecule has 3 rings (SSSR count). The van der Waals surface area contributed by atoms with E-state index >= 15 is 4.39 Å². The molecule has 0 aliphatic heterocycles. The van der Waals surface area contributed by atoms with Gasteiger partial charge in [-0.25, -0.2) is 4.39 Å². The Hall–Kier alpha value is -4.08. The molecule has 0 radical (unpaired) electrons. The first-order chi connectivity index (χ1) is 17.0. The van der Waals surface area contributed by atoms with Crippen LogP contribution in [0.25, 0.3) is 11.1 Å². The number of hydrogen-bond acceptors (Lipinski definition) is 7. The molecule has 2 heterocycles. The summed E-state index contributed by atoms with van der Waals surface area (Å²) in [7, 11) is 1.64. The van der Waals surface area contributed by atoms with Gasteiger partial charge in [0.25, 0.3) is 11.7 Å². The van der Waals surface area contributed by atoms with E-state index < -0.39 is 11.7 Å². The van der Waals surface area contributed by atoms with Gasteiger partial charge >= 0.3 is 0 Å². The monoisotopic (exact) mass is 495 g/mol. The smallest absolute Gasteiger partial charge is 0.292 e. The van der Waals surface area contributed by atoms with E-state index in [2.05, 4.69) is 27.0 Å². The molecule has 0 unspecified atom stereocenters. The topological polar surface area (TPSA) is 110 Å². The van der Waals surface area contributed by atoms with Crippen molar-refractivity contribution in [2.45, 2.75) is 39.7 Å². The molecule has 0 saturated heterocycles. The zero-order valence-electron chi connectivity index (χ0n) is 21.1. The van der Waals surface area contributed by atoms with E-state index in [1.165, 1.54) is 17.2 Å². The Morgan fingerprint density at radius 2 is 2.00 bits per heavy atom. The van der Waals surface area contributed by atoms with Crippen molar-refractivity contribution in [3.8, 4) is 16.9 Å². The maximum Gasteiger partial charge on any atom is 0.292 e. The molecule has 2 amide bonds. The van der Waals surface area contributed by atoms with Gasteiger partial charge in [0.15, 0.2) is 0 Å². The van der Waals surface area contributed by atoms with Gasteiger partial charge in [0.1, 0.15) is 18.2 Å². The number of likely N-dealkylation sites (N-methyl/N-ethyl adjacent to an activating group) is 1. The Balaban J connectivity index is 1.72. The molecule has 190 valence electrons. The lowest BCUT2D eigenvalue weighted by Crippen LogP contribution is -2.29. The van der Waals surface area contributed by atoms with Crippen LogP contribution in [-0.2, 0) is 16.8 Å². The number of ether oxygens (including phenoxy) is 1. The van der Waals surface area contributed by atoms with Crippen LogP contribution in [0.5, 0.6) is 5.75 Å². The molecule has 0 spiro atoms. The molecule has 0 aliphatic rings. The molecule has 1 N–H and O–H groups in total. The Bertz CT molecular complexity index is 1270. The highest BCUT2D eigenvalue weighted by Gasteiger charge is 2.24. The Morgan fingerprint density at radius 1 is 1.25 bits per heavy atom. The van der Waals surface area contributed by atoms with Crippen LogP contribution in [0.3, 0.4) is 0 Å². The van der Waals surface area contributed by atoms with Crippen molar-refractivity contribution in [2.24, 2.45) is 0 Å². The molecular formula is C26H30FN5O4. The van der Waals surface area contributed by atoms with Crippen molar-refractivity contribution in [3.05, 3.63) is 71.9 Å². The van der Waals surface area contributed by atoms with Gasteiger partial charge in [-0.05, 0) is 30.2 Å². The Labute approximate surface area is 209 Å². The van der Waals surface area contributed by atoms with Crippen molar-refractivity contribution in [1.82, 2.24) is 25.3 Å². The molecule has 36 heavy (non-hydrogen) atoms. The van der Waals surface area contributed by atoms with Gasteiger partial charge in [0.05, 0.1) is 12.7 Å². The fraction of sp³-hybridized carbons (Fsp3) is 0.346. The summed E-state index contributed by atoms with van der Waals surface area (Å²) < 4.78 is 26.4. The van der Waals surface area contributed by atoms with E-state index in [0.717, 1.165) is 0 Å². The molecular weight excluding hydrogens is 465 g/mol. The number of carbonyl (C=O) groups excluding carboxylic acids is 2. The van der Waals surface area contributed by atoms with Gasteiger partial charge < -0.3 is 19.5 Å². The fourth-order valence-electron chi connectivity index (χ4n) is 3.28. The minimum Gasteiger partial charge on any atom is -0.489 e. The second-order valence-corrected chi connectivity index (χ2v) is 9.25. The number of aromatic nitrogens is 3. The fourth-order valence-corrected chi connectivity index (χ4v) is 3.28. The van der Waals surface area contributed by atoms with Gasteiger partial charge in [-0.3, -0.25) is 14.6 Å². The predicted molar refractivity (Wildman–Crippen MR) is 132 cm³/mol. The molecule has 3 aromatic rings. The average molecular weight is 496 g/mol. The maximum absolute atomic E-state index is 15.4. The van der Waals surface area contributed by atoms with Gasteiger partial charge in [-0.15, -0.1) is 0 Å². The summed E-state index contributed by atoms with van der Waals surface area (Å²) in [5.74, 6) is -0.497. The first kappa shape index (κ1) is 26.5. The van der Waals surface area contributed by atoms with E-state index in [9.17, 15) is 9.59 Å². The third-order valence-electron chi connectivity index (χ3n) is 5.52. The number of amides is 2. The molecule has 0 bridgehead atoms. The summed E-state index contributed by atoms with van der Waals surface area (Å²) in [6.45, 7) is 11.4. The van der Waals surface area contributed by atoms with Gasteiger partial charge in [0.2, 0.25) is 11.8 Å². The van der Waals surface area contributed by atoms with E-state index in [4.69, 9.17) is 9.26 Å². The van der Waals surface area contributed by atoms with Crippen molar-refractivity contribution in [2.75, 3.05) is 20.2 Å². The molecule has 1 aromatic carbocycles. The number of benzene rings is 1. The van der Waals surface area contributed by atoms with Crippen LogP contribution >= 0.6 is 0 Å². The van der Waals surface area contributed by atoms with Crippen LogP contribution < -0.4 is 10.1 Å². The number of rotatable bonds is 9. The summed E-state index contributed by atoms with van der Waals surface area (Å²) in [6.07, 6.45) is 4.28. The molecule has 10 heteroatoms. The van der Waals surface area contributed by atoms with E-state index in [0.29, 0.717) is 40.4 Å². The number of pyridine rings is 1. The SMILES string of the molecule is C=CC(=O)N(C)CCOc1cnccc1-c1ccc(CNC(=O)c2noc(C(C)(C)C)n2)c(C)c1F. The van der Waals surface area contributed by atoms with Crippen LogP contribution in [0, 0.1) is 12.7 Å². The minimum absolute atomic E-state index is 0.0753. The van der Waals surface area contributed by atoms with Crippen LogP contribution in [0.1, 0.15) is 48.4 Å². The highest BCUT2D eigenvalue weighted by Crippen LogP contribution is 2.33. The normalized spacial score (nSPS) is 11.2. The Kier molecular flexibility index (Phi) is 8.18. The third kappa shape index (κ3) is 6.12. The van der Waals surface area contributed by atoms with Crippen LogP contribution in [-0.4, -0.2) is 52.0 Å². The maximum atomic E-state index is 15.4. The number of nitrogens with zero attached hydrogens (tertiary/aromatic N) is 4. The van der Waals surface area contributed by atoms with E-state index in [1.54, 1.807) is 38.4 Å². The molecule has 0 aliphatic carbocycles. The summed E-state index contributed by atoms with van der Waals surface area (Å²) in [6, 6.07) is 5.04. The molecule has 2 aromatic heterocycles. The minimum atomic E-state index is -0.511. The van der Waals surface area contributed by atoms with Gasteiger partial charge in [0, 0.05) is 36.3 Å². The van der Waals surface area contributed by atoms with Crippen LogP contribution in [0.15, 0.2) is 47.8 Å². The summed E-state index contributed by atoms with van der Waals surface area (Å²) >= 11 is 0. The van der Waals surface area contributed by atoms with Crippen molar-refractivity contribution in [1.29, 1.82) is 0 Å². The second kappa shape index (κ2) is 11.1. The summed E-state index contributed by atoms with van der Waals surface area (Å²) in [5, 5.41) is 6.44. The molecule has 0 atom stereocenters. The first-order valence-corrected chi connectivity index (χ1v) is 11.4. The first-order valence-electron chi connectivity index (χ1n) is 11.4. The lowest BCUT2D eigenvalue weighted by Gasteiger charge is -2.17. The highest BCUT2D eigenvalue weighted by molar-refractivity contribution is 5.90. The number of nitrogens with one attached hydrogen (secondary N) is 1. The summed E-state index contributed by atoms with van der Waals surface area (Å²) in [5.41, 5.74) is 1.47. The second-order valence-electron chi connectivity index (χ2n) is 9.25. The molecule has 9 nitrogen and oxygen atoms in total. The lowest BCUT2D eigenvalue weighted by atomic mass is 9.97. The standard InChI is InChI=1S/C26H30FN5O4/c1-7-21(33)32(6)12-13-35-20-15-28-11-10-18(20)19-9-8-17(16(2)22(19)27)14-29-24(34)23-30-25(36-31-23)26(3,4)5/h7-11,15H,1,12-14H2,2-6H3,(H,29,34). The predicted octanol–water partition coefficient (Wildman–Crippen LogP) is 3.83. The lowest BCUT2D eigenvalue weighted by molar-refractivity contribution is -0.125. The number of carbonyl (C=O) groups is 2. The zero-order valence-corrected chi connectivity index (χ0v) is 21.1. The summed E-state index contributed by atoms with van der Waals surface area (Å²) in [4.78, 5) is 33.8. The van der Waals surface area contributed by atoms with Crippen LogP contribution in [0.2, 0.25) is 0 Å². The number of hydrogen-bond donors (Lipinski definition) is 1. The van der Waals surface area contributed by atoms with Crippen molar-refractivity contribution >= 4 is 11.8 Å². The molecule has 0 fully saturated rings. The zero-order chi connectivity index (χ0) is 26.5. The quantitative estimate of drug-likeness (QED) is 0.449. The van der Waals surface area contributed by atoms with Crippen molar-refractivity contribution < 1.29 is 23.2 Å². The van der Waals surface area contributed by atoms with Gasteiger partial charge in [-0.2, -0.15) is 4.98 Å². The Morgan fingerprint density at radius 3 is 2.67 bits per heavy atom. The molecule has 0 saturated carbocycles. The third-order valence-corrected chi connectivity index (χ3v) is 5.52. The van der Waals surface area contributed by atoms with Gasteiger partial charge in [-0.1, -0.05) is 44.6 Å². The average Bonchev–Trinajstić information content (AvgIpc) is 3.36. The van der Waals surface area contributed by atoms with Crippen molar-refractivity contribution in [3.63, 3.8) is 0 Å². The largest absolute Gasteiger partial charge is 0.489 e. The number of halogens is 1. The van der Waals surface area contributed by atoms with Crippen LogP contribution in [0.4, 0.5) is 4.39 Å². The van der Waals surface area contributed by atoms with E-state index in [1.807, 2.05) is 20.8 Å². The van der Waals surface area contributed by atoms with E-state index in [-0.39, 0.29) is 30.3 Å². The highest BCUT2D eigenvalue weighted by atomic mass is 19.1.